The zero-order valence-electron chi connectivity index (χ0n) is 11.5. The lowest BCUT2D eigenvalue weighted by atomic mass is 10.0. The van der Waals surface area contributed by atoms with Crippen LogP contribution in [0.25, 0.3) is 0 Å². The third-order valence-corrected chi connectivity index (χ3v) is 3.27. The van der Waals surface area contributed by atoms with Gasteiger partial charge < -0.3 is 14.6 Å². The second-order valence-electron chi connectivity index (χ2n) is 4.65. The monoisotopic (exact) mass is 262 g/mol. The first-order valence-electron chi connectivity index (χ1n) is 6.32. The zero-order chi connectivity index (χ0) is 13.8. The Morgan fingerprint density at radius 1 is 1.37 bits per heavy atom. The average Bonchev–Trinajstić information content (AvgIpc) is 2.90. The van der Waals surface area contributed by atoms with E-state index in [0.717, 1.165) is 17.0 Å². The highest BCUT2D eigenvalue weighted by atomic mass is 19.1. The molecule has 0 fully saturated rings. The van der Waals surface area contributed by atoms with Crippen LogP contribution in [-0.2, 0) is 6.54 Å². The number of nitrogens with zero attached hydrogens (tertiary/aromatic N) is 1. The SMILES string of the molecule is CNC(C)c1cc(F)ccc1N(C)Cc1ccco1. The maximum absolute atomic E-state index is 13.4. The number of halogens is 1. The van der Waals surface area contributed by atoms with E-state index in [0.29, 0.717) is 6.54 Å². The summed E-state index contributed by atoms with van der Waals surface area (Å²) in [6.45, 7) is 2.67. The van der Waals surface area contributed by atoms with E-state index in [2.05, 4.69) is 10.2 Å². The molecule has 1 aromatic heterocycles. The second kappa shape index (κ2) is 5.89. The third kappa shape index (κ3) is 3.15. The summed E-state index contributed by atoms with van der Waals surface area (Å²) in [5, 5.41) is 3.15. The van der Waals surface area contributed by atoms with Gasteiger partial charge in [0, 0.05) is 18.8 Å². The highest BCUT2D eigenvalue weighted by Crippen LogP contribution is 2.27. The van der Waals surface area contributed by atoms with Crippen LogP contribution in [0.1, 0.15) is 24.3 Å². The molecule has 1 N–H and O–H groups in total. The van der Waals surface area contributed by atoms with Gasteiger partial charge >= 0.3 is 0 Å². The number of furan rings is 1. The van der Waals surface area contributed by atoms with Crippen molar-refractivity contribution < 1.29 is 8.81 Å². The Bertz CT molecular complexity index is 525. The van der Waals surface area contributed by atoms with E-state index in [1.807, 2.05) is 33.2 Å². The molecule has 3 nitrogen and oxygen atoms in total. The van der Waals surface area contributed by atoms with Gasteiger partial charge in [-0.3, -0.25) is 0 Å². The van der Waals surface area contributed by atoms with Crippen molar-refractivity contribution in [1.29, 1.82) is 0 Å². The highest BCUT2D eigenvalue weighted by Gasteiger charge is 2.14. The Hall–Kier alpha value is -1.81. The minimum absolute atomic E-state index is 0.0877. The Kier molecular flexibility index (Phi) is 4.22. The van der Waals surface area contributed by atoms with Crippen molar-refractivity contribution in [2.45, 2.75) is 19.5 Å². The lowest BCUT2D eigenvalue weighted by molar-refractivity contribution is 0.507. The topological polar surface area (TPSA) is 28.4 Å². The standard InChI is InChI=1S/C15H19FN2O/c1-11(17-2)14-9-12(16)6-7-15(14)18(3)10-13-5-4-8-19-13/h4-9,11,17H,10H2,1-3H3. The smallest absolute Gasteiger partial charge is 0.123 e. The van der Waals surface area contributed by atoms with Gasteiger partial charge in [-0.15, -0.1) is 0 Å². The van der Waals surface area contributed by atoms with Crippen molar-refractivity contribution in [2.75, 3.05) is 19.0 Å². The van der Waals surface area contributed by atoms with Gasteiger partial charge in [-0.1, -0.05) is 0 Å². The number of hydrogen-bond donors (Lipinski definition) is 1. The van der Waals surface area contributed by atoms with Crippen LogP contribution >= 0.6 is 0 Å². The molecule has 1 aromatic carbocycles. The van der Waals surface area contributed by atoms with E-state index in [1.54, 1.807) is 18.4 Å². The fourth-order valence-electron chi connectivity index (χ4n) is 2.10. The summed E-state index contributed by atoms with van der Waals surface area (Å²) in [6.07, 6.45) is 1.66. The molecule has 19 heavy (non-hydrogen) atoms. The number of benzene rings is 1. The summed E-state index contributed by atoms with van der Waals surface area (Å²) in [6, 6.07) is 8.76. The average molecular weight is 262 g/mol. The zero-order valence-corrected chi connectivity index (χ0v) is 11.5. The Morgan fingerprint density at radius 3 is 2.79 bits per heavy atom. The van der Waals surface area contributed by atoms with Gasteiger partial charge in [-0.05, 0) is 49.9 Å². The summed E-state index contributed by atoms with van der Waals surface area (Å²) in [4.78, 5) is 2.06. The highest BCUT2D eigenvalue weighted by molar-refractivity contribution is 5.54. The summed E-state index contributed by atoms with van der Waals surface area (Å²) in [5.41, 5.74) is 1.94. The molecule has 2 aromatic rings. The first kappa shape index (κ1) is 13.6. The van der Waals surface area contributed by atoms with Crippen LogP contribution < -0.4 is 10.2 Å². The first-order valence-corrected chi connectivity index (χ1v) is 6.32. The van der Waals surface area contributed by atoms with E-state index in [4.69, 9.17) is 4.42 Å². The molecule has 0 bridgehead atoms. The largest absolute Gasteiger partial charge is 0.467 e. The van der Waals surface area contributed by atoms with Crippen LogP contribution in [0.2, 0.25) is 0 Å². The molecule has 0 radical (unpaired) electrons. The maximum Gasteiger partial charge on any atom is 0.123 e. The second-order valence-corrected chi connectivity index (χ2v) is 4.65. The molecular weight excluding hydrogens is 243 g/mol. The van der Waals surface area contributed by atoms with E-state index >= 15 is 0 Å². The van der Waals surface area contributed by atoms with Gasteiger partial charge in [0.2, 0.25) is 0 Å². The molecule has 0 saturated heterocycles. The van der Waals surface area contributed by atoms with Crippen molar-refractivity contribution in [3.63, 3.8) is 0 Å². The minimum atomic E-state index is -0.216. The number of hydrogen-bond acceptors (Lipinski definition) is 3. The minimum Gasteiger partial charge on any atom is -0.467 e. The van der Waals surface area contributed by atoms with E-state index in [-0.39, 0.29) is 11.9 Å². The van der Waals surface area contributed by atoms with Crippen LogP contribution in [0, 0.1) is 5.82 Å². The fraction of sp³-hybridized carbons (Fsp3) is 0.333. The van der Waals surface area contributed by atoms with Crippen molar-refractivity contribution in [2.24, 2.45) is 0 Å². The molecule has 4 heteroatoms. The lowest BCUT2D eigenvalue weighted by Crippen LogP contribution is -2.21. The first-order chi connectivity index (χ1) is 9.11. The summed E-state index contributed by atoms with van der Waals surface area (Å²) < 4.78 is 18.8. The Morgan fingerprint density at radius 2 is 2.16 bits per heavy atom. The third-order valence-electron chi connectivity index (χ3n) is 3.27. The molecule has 0 saturated carbocycles. The predicted octanol–water partition coefficient (Wildman–Crippen LogP) is 3.34. The van der Waals surface area contributed by atoms with E-state index in [9.17, 15) is 4.39 Å². The normalized spacial score (nSPS) is 12.4. The molecular formula is C15H19FN2O. The van der Waals surface area contributed by atoms with Crippen LogP contribution in [-0.4, -0.2) is 14.1 Å². The molecule has 1 atom stereocenters. The molecule has 0 aliphatic heterocycles. The number of rotatable bonds is 5. The van der Waals surface area contributed by atoms with Crippen molar-refractivity contribution in [3.8, 4) is 0 Å². The van der Waals surface area contributed by atoms with E-state index < -0.39 is 0 Å². The van der Waals surface area contributed by atoms with Crippen LogP contribution in [0.4, 0.5) is 10.1 Å². The van der Waals surface area contributed by atoms with Crippen LogP contribution in [0.15, 0.2) is 41.0 Å². The van der Waals surface area contributed by atoms with Gasteiger partial charge in [-0.2, -0.15) is 0 Å². The molecule has 1 heterocycles. The molecule has 1 unspecified atom stereocenters. The molecule has 0 aliphatic rings. The number of anilines is 1. The van der Waals surface area contributed by atoms with Gasteiger partial charge in [0.1, 0.15) is 11.6 Å². The Labute approximate surface area is 113 Å². The van der Waals surface area contributed by atoms with E-state index in [1.165, 1.54) is 6.07 Å². The summed E-state index contributed by atoms with van der Waals surface area (Å²) in [5.74, 6) is 0.669. The molecule has 0 spiro atoms. The van der Waals surface area contributed by atoms with Gasteiger partial charge in [0.25, 0.3) is 0 Å². The van der Waals surface area contributed by atoms with Gasteiger partial charge in [0.15, 0.2) is 0 Å². The maximum atomic E-state index is 13.4. The summed E-state index contributed by atoms with van der Waals surface area (Å²) >= 11 is 0. The Balaban J connectivity index is 2.27. The molecule has 0 aliphatic carbocycles. The summed E-state index contributed by atoms with van der Waals surface area (Å²) in [7, 11) is 3.84. The molecule has 102 valence electrons. The fourth-order valence-corrected chi connectivity index (χ4v) is 2.10. The van der Waals surface area contributed by atoms with Gasteiger partial charge in [-0.25, -0.2) is 4.39 Å². The lowest BCUT2D eigenvalue weighted by Gasteiger charge is -2.24. The van der Waals surface area contributed by atoms with Crippen LogP contribution in [0.5, 0.6) is 0 Å². The predicted molar refractivity (Wildman–Crippen MR) is 74.7 cm³/mol. The van der Waals surface area contributed by atoms with Crippen molar-refractivity contribution in [1.82, 2.24) is 5.32 Å². The van der Waals surface area contributed by atoms with Crippen molar-refractivity contribution >= 4 is 5.69 Å². The molecule has 0 amide bonds. The molecule has 2 rings (SSSR count). The van der Waals surface area contributed by atoms with Gasteiger partial charge in [0.05, 0.1) is 12.8 Å². The number of nitrogens with one attached hydrogen (secondary N) is 1. The quantitative estimate of drug-likeness (QED) is 0.896. The van der Waals surface area contributed by atoms with Crippen LogP contribution in [0.3, 0.4) is 0 Å². The van der Waals surface area contributed by atoms with Crippen molar-refractivity contribution in [3.05, 3.63) is 53.7 Å².